The molecule has 1 amide bonds. The highest BCUT2D eigenvalue weighted by molar-refractivity contribution is 7.89. The Hall–Kier alpha value is -3.43. The second kappa shape index (κ2) is 10.7. The Labute approximate surface area is 199 Å². The number of hydrogen-bond acceptors (Lipinski definition) is 6. The number of anilines is 1. The lowest BCUT2D eigenvalue weighted by atomic mass is 9.97. The Balaban J connectivity index is 1.36. The molecular formula is C25H27N3O5S. The second-order valence-electron chi connectivity index (χ2n) is 7.99. The van der Waals surface area contributed by atoms with Crippen molar-refractivity contribution in [1.29, 1.82) is 0 Å². The van der Waals surface area contributed by atoms with E-state index in [2.05, 4.69) is 10.3 Å². The SMILES string of the molecule is COc1ccc(NC(=O)C2CCN(S(=O)(=O)c3ccccc3)CC2)cc1OCc1ccncc1. The topological polar surface area (TPSA) is 97.8 Å². The van der Waals surface area contributed by atoms with Crippen LogP contribution in [-0.4, -0.2) is 43.8 Å². The van der Waals surface area contributed by atoms with Crippen molar-refractivity contribution in [3.05, 3.63) is 78.6 Å². The molecule has 3 aromatic rings. The molecule has 34 heavy (non-hydrogen) atoms. The summed E-state index contributed by atoms with van der Waals surface area (Å²) >= 11 is 0. The first-order valence-corrected chi connectivity index (χ1v) is 12.5. The third kappa shape index (κ3) is 5.55. The summed E-state index contributed by atoms with van der Waals surface area (Å²) in [6.45, 7) is 0.946. The molecule has 2 heterocycles. The zero-order valence-electron chi connectivity index (χ0n) is 18.9. The number of sulfonamides is 1. The van der Waals surface area contributed by atoms with Crippen molar-refractivity contribution in [2.45, 2.75) is 24.3 Å². The molecule has 0 atom stereocenters. The number of aromatic nitrogens is 1. The number of piperidine rings is 1. The number of methoxy groups -OCH3 is 1. The van der Waals surface area contributed by atoms with E-state index in [1.54, 1.807) is 68.0 Å². The molecule has 1 aliphatic rings. The molecular weight excluding hydrogens is 454 g/mol. The van der Waals surface area contributed by atoms with Crippen LogP contribution in [0.4, 0.5) is 5.69 Å². The molecule has 1 N–H and O–H groups in total. The minimum absolute atomic E-state index is 0.137. The fraction of sp³-hybridized carbons (Fsp3) is 0.280. The van der Waals surface area contributed by atoms with E-state index < -0.39 is 10.0 Å². The Bertz CT molecular complexity index is 1210. The molecule has 1 saturated heterocycles. The molecule has 0 aliphatic carbocycles. The third-order valence-electron chi connectivity index (χ3n) is 5.78. The quantitative estimate of drug-likeness (QED) is 0.527. The van der Waals surface area contributed by atoms with E-state index in [4.69, 9.17) is 9.47 Å². The molecule has 1 aliphatic heterocycles. The monoisotopic (exact) mass is 481 g/mol. The fourth-order valence-electron chi connectivity index (χ4n) is 3.85. The van der Waals surface area contributed by atoms with Gasteiger partial charge in [-0.1, -0.05) is 18.2 Å². The van der Waals surface area contributed by atoms with E-state index in [0.29, 0.717) is 49.7 Å². The van der Waals surface area contributed by atoms with Gasteiger partial charge in [-0.15, -0.1) is 0 Å². The summed E-state index contributed by atoms with van der Waals surface area (Å²) in [5.74, 6) is 0.667. The molecule has 9 heteroatoms. The van der Waals surface area contributed by atoms with Crippen LogP contribution in [0.5, 0.6) is 11.5 Å². The summed E-state index contributed by atoms with van der Waals surface area (Å²) in [5, 5.41) is 2.93. The van der Waals surface area contributed by atoms with Crippen molar-refractivity contribution in [1.82, 2.24) is 9.29 Å². The predicted octanol–water partition coefficient (Wildman–Crippen LogP) is 3.71. The first kappa shape index (κ1) is 23.7. The van der Waals surface area contributed by atoms with E-state index in [0.717, 1.165) is 5.56 Å². The van der Waals surface area contributed by atoms with Gasteiger partial charge in [-0.25, -0.2) is 8.42 Å². The Morgan fingerprint density at radius 1 is 1.03 bits per heavy atom. The van der Waals surface area contributed by atoms with Gasteiger partial charge in [0.05, 0.1) is 12.0 Å². The van der Waals surface area contributed by atoms with Crippen LogP contribution in [-0.2, 0) is 21.4 Å². The molecule has 0 unspecified atom stereocenters. The molecule has 0 radical (unpaired) electrons. The summed E-state index contributed by atoms with van der Waals surface area (Å²) in [7, 11) is -1.99. The van der Waals surface area contributed by atoms with Crippen molar-refractivity contribution >= 4 is 21.6 Å². The van der Waals surface area contributed by atoms with Crippen molar-refractivity contribution in [2.24, 2.45) is 5.92 Å². The van der Waals surface area contributed by atoms with Gasteiger partial charge in [-0.3, -0.25) is 9.78 Å². The van der Waals surface area contributed by atoms with Crippen molar-refractivity contribution < 1.29 is 22.7 Å². The second-order valence-corrected chi connectivity index (χ2v) is 9.93. The maximum absolute atomic E-state index is 12.9. The average molecular weight is 482 g/mol. The number of amides is 1. The van der Waals surface area contributed by atoms with Gasteiger partial charge < -0.3 is 14.8 Å². The van der Waals surface area contributed by atoms with Gasteiger partial charge in [-0.2, -0.15) is 4.31 Å². The number of rotatable bonds is 8. The van der Waals surface area contributed by atoms with Crippen LogP contribution < -0.4 is 14.8 Å². The van der Waals surface area contributed by atoms with E-state index in [1.165, 1.54) is 4.31 Å². The van der Waals surface area contributed by atoms with Crippen molar-refractivity contribution in [3.63, 3.8) is 0 Å². The number of pyridine rings is 1. The molecule has 4 rings (SSSR count). The standard InChI is InChI=1S/C25H27N3O5S/c1-32-23-8-7-21(17-24(23)33-18-19-9-13-26-14-10-19)27-25(29)20-11-15-28(16-12-20)34(30,31)22-5-3-2-4-6-22/h2-10,13-14,17,20H,11-12,15-16,18H2,1H3,(H,27,29). The van der Waals surface area contributed by atoms with Crippen LogP contribution in [0.15, 0.2) is 78.0 Å². The Morgan fingerprint density at radius 3 is 2.41 bits per heavy atom. The maximum Gasteiger partial charge on any atom is 0.243 e. The van der Waals surface area contributed by atoms with Crippen LogP contribution in [0.25, 0.3) is 0 Å². The molecule has 8 nitrogen and oxygen atoms in total. The normalized spacial score (nSPS) is 15.0. The van der Waals surface area contributed by atoms with Crippen LogP contribution >= 0.6 is 0 Å². The van der Waals surface area contributed by atoms with Crippen LogP contribution in [0.2, 0.25) is 0 Å². The summed E-state index contributed by atoms with van der Waals surface area (Å²) in [6, 6.07) is 17.3. The molecule has 0 bridgehead atoms. The maximum atomic E-state index is 12.9. The molecule has 178 valence electrons. The fourth-order valence-corrected chi connectivity index (χ4v) is 5.34. The first-order chi connectivity index (χ1) is 16.5. The van der Waals surface area contributed by atoms with Gasteiger partial charge in [0, 0.05) is 43.2 Å². The van der Waals surface area contributed by atoms with E-state index in [9.17, 15) is 13.2 Å². The Kier molecular flexibility index (Phi) is 7.44. The summed E-state index contributed by atoms with van der Waals surface area (Å²) in [4.78, 5) is 17.1. The highest BCUT2D eigenvalue weighted by atomic mass is 32.2. The summed E-state index contributed by atoms with van der Waals surface area (Å²) in [5.41, 5.74) is 1.55. The first-order valence-electron chi connectivity index (χ1n) is 11.0. The third-order valence-corrected chi connectivity index (χ3v) is 7.69. The minimum Gasteiger partial charge on any atom is -0.493 e. The number of carbonyl (C=O) groups excluding carboxylic acids is 1. The van der Waals surface area contributed by atoms with Crippen molar-refractivity contribution in [2.75, 3.05) is 25.5 Å². The molecule has 1 fully saturated rings. The molecule has 2 aromatic carbocycles. The lowest BCUT2D eigenvalue weighted by Crippen LogP contribution is -2.41. The van der Waals surface area contributed by atoms with E-state index in [-0.39, 0.29) is 16.7 Å². The summed E-state index contributed by atoms with van der Waals surface area (Å²) in [6.07, 6.45) is 4.31. The van der Waals surface area contributed by atoms with E-state index in [1.807, 2.05) is 12.1 Å². The van der Waals surface area contributed by atoms with Gasteiger partial charge >= 0.3 is 0 Å². The van der Waals surface area contributed by atoms with Gasteiger partial charge in [0.15, 0.2) is 11.5 Å². The number of hydrogen-bond donors (Lipinski definition) is 1. The zero-order valence-corrected chi connectivity index (χ0v) is 19.7. The van der Waals surface area contributed by atoms with Crippen LogP contribution in [0, 0.1) is 5.92 Å². The van der Waals surface area contributed by atoms with Gasteiger partial charge in [0.2, 0.25) is 15.9 Å². The van der Waals surface area contributed by atoms with Crippen molar-refractivity contribution in [3.8, 4) is 11.5 Å². The van der Waals surface area contributed by atoms with Gasteiger partial charge in [0.25, 0.3) is 0 Å². The number of nitrogens with zero attached hydrogens (tertiary/aromatic N) is 2. The number of ether oxygens (including phenoxy) is 2. The number of nitrogens with one attached hydrogen (secondary N) is 1. The minimum atomic E-state index is -3.55. The highest BCUT2D eigenvalue weighted by Gasteiger charge is 2.32. The van der Waals surface area contributed by atoms with Gasteiger partial charge in [-0.05, 0) is 54.8 Å². The molecule has 0 spiro atoms. The van der Waals surface area contributed by atoms with Crippen LogP contribution in [0.3, 0.4) is 0 Å². The number of benzene rings is 2. The largest absolute Gasteiger partial charge is 0.493 e. The summed E-state index contributed by atoms with van der Waals surface area (Å²) < 4.78 is 38.4. The van der Waals surface area contributed by atoms with E-state index >= 15 is 0 Å². The molecule has 1 aromatic heterocycles. The smallest absolute Gasteiger partial charge is 0.243 e. The van der Waals surface area contributed by atoms with Gasteiger partial charge in [0.1, 0.15) is 6.61 Å². The average Bonchev–Trinajstić information content (AvgIpc) is 2.88. The Morgan fingerprint density at radius 2 is 1.74 bits per heavy atom. The highest BCUT2D eigenvalue weighted by Crippen LogP contribution is 2.32. The van der Waals surface area contributed by atoms with Crippen LogP contribution in [0.1, 0.15) is 18.4 Å². The predicted molar refractivity (Wildman–Crippen MR) is 128 cm³/mol. The zero-order chi connectivity index (χ0) is 24.0. The lowest BCUT2D eigenvalue weighted by Gasteiger charge is -2.30. The lowest BCUT2D eigenvalue weighted by molar-refractivity contribution is -0.120. The number of carbonyl (C=O) groups is 1. The molecule has 0 saturated carbocycles.